The first-order valence-electron chi connectivity index (χ1n) is 11.2. The van der Waals surface area contributed by atoms with E-state index in [4.69, 9.17) is 5.14 Å². The minimum Gasteiger partial charge on any atom is -0.508 e. The topological polar surface area (TPSA) is 104 Å². The second-order valence-electron chi connectivity index (χ2n) is 7.79. The Hall–Kier alpha value is -1.93. The van der Waals surface area contributed by atoms with Crippen molar-refractivity contribution < 1.29 is 13.5 Å². The Balaban J connectivity index is 0.00000166. The molecule has 0 saturated carbocycles. The Morgan fingerprint density at radius 1 is 1.16 bits per heavy atom. The molecule has 1 aliphatic rings. The van der Waals surface area contributed by atoms with Crippen molar-refractivity contribution in [3.63, 3.8) is 0 Å². The molecule has 3 atom stereocenters. The zero-order chi connectivity index (χ0) is 23.0. The summed E-state index contributed by atoms with van der Waals surface area (Å²) in [6.07, 6.45) is 2.75. The highest BCUT2D eigenvalue weighted by atomic mass is 32.2. The van der Waals surface area contributed by atoms with E-state index in [0.717, 1.165) is 37.9 Å². The van der Waals surface area contributed by atoms with Gasteiger partial charge in [-0.05, 0) is 80.2 Å². The molecule has 1 fully saturated rings. The van der Waals surface area contributed by atoms with Gasteiger partial charge in [-0.15, -0.1) is 0 Å². The number of phenolic OH excluding ortho intramolecular Hbond substituents is 1. The highest BCUT2D eigenvalue weighted by molar-refractivity contribution is 7.89. The summed E-state index contributed by atoms with van der Waals surface area (Å²) in [5, 5.41) is 22.4. The number of aromatic hydroxyl groups is 1. The molecule has 1 heterocycles. The van der Waals surface area contributed by atoms with Gasteiger partial charge in [-0.1, -0.05) is 39.0 Å². The van der Waals surface area contributed by atoms with Crippen LogP contribution in [0, 0.1) is 0 Å². The van der Waals surface area contributed by atoms with E-state index in [1.165, 1.54) is 11.1 Å². The molecule has 5 N–H and O–H groups in total. The van der Waals surface area contributed by atoms with Crippen LogP contribution < -0.4 is 15.8 Å². The number of phenols is 1. The van der Waals surface area contributed by atoms with Crippen molar-refractivity contribution in [1.82, 2.24) is 10.6 Å². The van der Waals surface area contributed by atoms with Crippen molar-refractivity contribution in [1.29, 1.82) is 0 Å². The molecule has 31 heavy (non-hydrogen) atoms. The lowest BCUT2D eigenvalue weighted by atomic mass is 9.79. The lowest BCUT2D eigenvalue weighted by Crippen LogP contribution is -2.54. The van der Waals surface area contributed by atoms with Crippen molar-refractivity contribution in [2.75, 3.05) is 13.1 Å². The number of hydrogen-bond donors (Lipinski definition) is 4. The molecule has 0 amide bonds. The smallest absolute Gasteiger partial charge is 0.238 e. The van der Waals surface area contributed by atoms with Crippen LogP contribution in [-0.4, -0.2) is 38.7 Å². The molecule has 0 aliphatic carbocycles. The van der Waals surface area contributed by atoms with Crippen LogP contribution in [-0.2, 0) is 22.9 Å². The number of benzene rings is 2. The fraction of sp³-hybridized carbons (Fsp3) is 0.500. The van der Waals surface area contributed by atoms with E-state index >= 15 is 0 Å². The average Bonchev–Trinajstić information content (AvgIpc) is 2.76. The Labute approximate surface area is 187 Å². The quantitative estimate of drug-likeness (QED) is 0.521. The molecule has 1 aliphatic heterocycles. The van der Waals surface area contributed by atoms with Gasteiger partial charge in [-0.25, -0.2) is 13.6 Å². The van der Waals surface area contributed by atoms with Crippen LogP contribution in [0.4, 0.5) is 0 Å². The molecule has 3 unspecified atom stereocenters. The van der Waals surface area contributed by atoms with Gasteiger partial charge in [0, 0.05) is 18.0 Å². The summed E-state index contributed by atoms with van der Waals surface area (Å²) in [5.74, 6) is 0.648. The van der Waals surface area contributed by atoms with E-state index in [-0.39, 0.29) is 10.9 Å². The lowest BCUT2D eigenvalue weighted by molar-refractivity contribution is 0.280. The number of sulfonamides is 1. The molecule has 0 radical (unpaired) electrons. The highest BCUT2D eigenvalue weighted by Gasteiger charge is 2.32. The second-order valence-corrected chi connectivity index (χ2v) is 9.35. The van der Waals surface area contributed by atoms with Crippen LogP contribution in [0.2, 0.25) is 0 Å². The normalized spacial score (nSPS) is 21.3. The molecular formula is C24H37N3O3S. The summed E-state index contributed by atoms with van der Waals surface area (Å²) in [7, 11) is -3.66. The maximum absolute atomic E-state index is 11.4. The Kier molecular flexibility index (Phi) is 9.50. The summed E-state index contributed by atoms with van der Waals surface area (Å²) in [6.45, 7) is 10.1. The van der Waals surface area contributed by atoms with Gasteiger partial charge >= 0.3 is 0 Å². The van der Waals surface area contributed by atoms with E-state index in [1.807, 2.05) is 38.1 Å². The van der Waals surface area contributed by atoms with Crippen LogP contribution in [0.3, 0.4) is 0 Å². The molecule has 0 aromatic heterocycles. The third-order valence-electron chi connectivity index (χ3n) is 5.85. The van der Waals surface area contributed by atoms with Gasteiger partial charge in [0.2, 0.25) is 10.0 Å². The van der Waals surface area contributed by atoms with Crippen LogP contribution in [0.1, 0.15) is 56.7 Å². The number of aryl methyl sites for hydroxylation is 1. The van der Waals surface area contributed by atoms with E-state index in [2.05, 4.69) is 24.5 Å². The number of piperidine rings is 1. The summed E-state index contributed by atoms with van der Waals surface area (Å²) < 4.78 is 22.8. The first kappa shape index (κ1) is 25.3. The zero-order valence-electron chi connectivity index (χ0n) is 19.1. The van der Waals surface area contributed by atoms with Gasteiger partial charge in [0.15, 0.2) is 0 Å². The average molecular weight is 448 g/mol. The Morgan fingerprint density at radius 2 is 1.84 bits per heavy atom. The first-order valence-corrected chi connectivity index (χ1v) is 12.7. The lowest BCUT2D eigenvalue weighted by Gasteiger charge is -2.39. The predicted octanol–water partition coefficient (Wildman–Crippen LogP) is 3.29. The van der Waals surface area contributed by atoms with Crippen molar-refractivity contribution in [2.45, 2.75) is 69.9 Å². The SMILES string of the molecule is CC.CCc1ccc(O)cc1C1CCNC(C)C1NCCc1ccc(S(N)(=O)=O)cc1. The molecule has 3 rings (SSSR count). The van der Waals surface area contributed by atoms with E-state index < -0.39 is 10.0 Å². The maximum atomic E-state index is 11.4. The molecule has 6 nitrogen and oxygen atoms in total. The highest BCUT2D eigenvalue weighted by Crippen LogP contribution is 2.33. The minimum atomic E-state index is -3.66. The minimum absolute atomic E-state index is 0.135. The molecule has 2 aromatic carbocycles. The molecule has 172 valence electrons. The fourth-order valence-electron chi connectivity index (χ4n) is 4.27. The molecule has 0 bridgehead atoms. The van der Waals surface area contributed by atoms with E-state index in [1.54, 1.807) is 18.2 Å². The number of hydrogen-bond acceptors (Lipinski definition) is 5. The van der Waals surface area contributed by atoms with Gasteiger partial charge < -0.3 is 15.7 Å². The molecule has 7 heteroatoms. The first-order chi connectivity index (χ1) is 14.8. The summed E-state index contributed by atoms with van der Waals surface area (Å²) >= 11 is 0. The third kappa shape index (κ3) is 6.77. The number of nitrogens with two attached hydrogens (primary N) is 1. The second kappa shape index (κ2) is 11.6. The van der Waals surface area contributed by atoms with Crippen molar-refractivity contribution in [3.8, 4) is 5.75 Å². The van der Waals surface area contributed by atoms with Crippen molar-refractivity contribution in [2.24, 2.45) is 5.14 Å². The largest absolute Gasteiger partial charge is 0.508 e. The summed E-state index contributed by atoms with van der Waals surface area (Å²) in [4.78, 5) is 0.135. The van der Waals surface area contributed by atoms with Gasteiger partial charge in [-0.3, -0.25) is 0 Å². The monoisotopic (exact) mass is 447 g/mol. The molecule has 2 aromatic rings. The summed E-state index contributed by atoms with van der Waals surface area (Å²) in [6, 6.07) is 13.0. The van der Waals surface area contributed by atoms with Crippen LogP contribution in [0.15, 0.2) is 47.4 Å². The van der Waals surface area contributed by atoms with Crippen LogP contribution >= 0.6 is 0 Å². The maximum Gasteiger partial charge on any atom is 0.238 e. The van der Waals surface area contributed by atoms with Crippen LogP contribution in [0.25, 0.3) is 0 Å². The zero-order valence-corrected chi connectivity index (χ0v) is 19.9. The molecule has 0 spiro atoms. The summed E-state index contributed by atoms with van der Waals surface area (Å²) in [5.41, 5.74) is 3.58. The van der Waals surface area contributed by atoms with Crippen molar-refractivity contribution >= 4 is 10.0 Å². The molecular weight excluding hydrogens is 410 g/mol. The van der Waals surface area contributed by atoms with Crippen LogP contribution in [0.5, 0.6) is 5.75 Å². The number of primary sulfonamides is 1. The van der Waals surface area contributed by atoms with Gasteiger partial charge in [-0.2, -0.15) is 0 Å². The Bertz CT molecular complexity index is 930. The third-order valence-corrected chi connectivity index (χ3v) is 6.78. The number of rotatable bonds is 7. The van der Waals surface area contributed by atoms with E-state index in [9.17, 15) is 13.5 Å². The van der Waals surface area contributed by atoms with Crippen molar-refractivity contribution in [3.05, 3.63) is 59.2 Å². The Morgan fingerprint density at radius 3 is 2.45 bits per heavy atom. The molecule has 1 saturated heterocycles. The number of nitrogens with one attached hydrogen (secondary N) is 2. The standard InChI is InChI=1S/C22H31N3O3S.C2H6/c1-3-17-6-7-18(26)14-21(17)20-11-13-24-15(2)22(20)25-12-10-16-4-8-19(9-5-16)29(23,27)28;1-2/h4-9,14-15,20,22,24-26H,3,10-13H2,1-2H3,(H2,23,27,28);1-2H3. The fourth-order valence-corrected chi connectivity index (χ4v) is 4.78. The van der Waals surface area contributed by atoms with Gasteiger partial charge in [0.05, 0.1) is 4.90 Å². The van der Waals surface area contributed by atoms with Gasteiger partial charge in [0.1, 0.15) is 5.75 Å². The van der Waals surface area contributed by atoms with E-state index in [0.29, 0.717) is 17.7 Å². The predicted molar refractivity (Wildman–Crippen MR) is 127 cm³/mol. The van der Waals surface area contributed by atoms with Gasteiger partial charge in [0.25, 0.3) is 0 Å².